The van der Waals surface area contributed by atoms with Gasteiger partial charge in [-0.2, -0.15) is 0 Å². The summed E-state index contributed by atoms with van der Waals surface area (Å²) >= 11 is 0. The summed E-state index contributed by atoms with van der Waals surface area (Å²) in [6.45, 7) is 2.05. The SMILES string of the molecule is Cl.OCCNCC1Cc2ccc(OCc3ccccc3)cc2O1. The summed E-state index contributed by atoms with van der Waals surface area (Å²) in [6, 6.07) is 16.1. The largest absolute Gasteiger partial charge is 0.489 e. The van der Waals surface area contributed by atoms with Crippen LogP contribution < -0.4 is 14.8 Å². The molecule has 1 atom stereocenters. The molecule has 5 heteroatoms. The molecule has 124 valence electrons. The zero-order valence-corrected chi connectivity index (χ0v) is 13.7. The molecular formula is C18H22ClNO3. The van der Waals surface area contributed by atoms with Gasteiger partial charge in [0.2, 0.25) is 0 Å². The first kappa shape index (κ1) is 17.6. The van der Waals surface area contributed by atoms with Gasteiger partial charge in [-0.25, -0.2) is 0 Å². The van der Waals surface area contributed by atoms with Crippen LogP contribution in [0.5, 0.6) is 11.5 Å². The van der Waals surface area contributed by atoms with Crippen molar-refractivity contribution in [2.75, 3.05) is 19.7 Å². The molecule has 0 amide bonds. The van der Waals surface area contributed by atoms with E-state index in [1.54, 1.807) is 0 Å². The molecule has 1 aliphatic rings. The Labute approximate surface area is 142 Å². The monoisotopic (exact) mass is 335 g/mol. The Kier molecular flexibility index (Phi) is 6.71. The van der Waals surface area contributed by atoms with Gasteiger partial charge in [0, 0.05) is 25.6 Å². The molecule has 0 aliphatic carbocycles. The molecule has 0 saturated carbocycles. The first-order valence-corrected chi connectivity index (χ1v) is 7.63. The van der Waals surface area contributed by atoms with E-state index >= 15 is 0 Å². The lowest BCUT2D eigenvalue weighted by Crippen LogP contribution is -2.31. The first-order chi connectivity index (χ1) is 10.8. The van der Waals surface area contributed by atoms with Crippen LogP contribution in [0, 0.1) is 0 Å². The molecule has 3 rings (SSSR count). The maximum atomic E-state index is 8.78. The van der Waals surface area contributed by atoms with Crippen molar-refractivity contribution in [3.05, 3.63) is 59.7 Å². The fourth-order valence-corrected chi connectivity index (χ4v) is 2.57. The topological polar surface area (TPSA) is 50.7 Å². The van der Waals surface area contributed by atoms with E-state index in [9.17, 15) is 0 Å². The molecule has 2 N–H and O–H groups in total. The number of fused-ring (bicyclic) bond motifs is 1. The van der Waals surface area contributed by atoms with Crippen molar-refractivity contribution in [1.82, 2.24) is 5.32 Å². The summed E-state index contributed by atoms with van der Waals surface area (Å²) in [4.78, 5) is 0. The van der Waals surface area contributed by atoms with E-state index in [2.05, 4.69) is 11.4 Å². The number of aliphatic hydroxyl groups excluding tert-OH is 1. The minimum atomic E-state index is 0. The van der Waals surface area contributed by atoms with Gasteiger partial charge in [0.1, 0.15) is 24.2 Å². The standard InChI is InChI=1S/C18H21NO3.ClH/c20-9-8-19-12-17-10-15-6-7-16(11-18(15)22-17)21-13-14-4-2-1-3-5-14;/h1-7,11,17,19-20H,8-10,12-13H2;1H. The molecule has 2 aromatic carbocycles. The Bertz CT molecular complexity index is 606. The molecule has 0 aromatic heterocycles. The number of nitrogens with one attached hydrogen (secondary N) is 1. The highest BCUT2D eigenvalue weighted by Crippen LogP contribution is 2.32. The normalized spacial score (nSPS) is 15.4. The van der Waals surface area contributed by atoms with Gasteiger partial charge in [-0.1, -0.05) is 36.4 Å². The molecule has 4 nitrogen and oxygen atoms in total. The average molecular weight is 336 g/mol. The van der Waals surface area contributed by atoms with Crippen molar-refractivity contribution < 1.29 is 14.6 Å². The lowest BCUT2D eigenvalue weighted by molar-refractivity contribution is 0.218. The van der Waals surface area contributed by atoms with E-state index in [1.807, 2.05) is 42.5 Å². The summed E-state index contributed by atoms with van der Waals surface area (Å²) in [5.41, 5.74) is 2.36. The average Bonchev–Trinajstić information content (AvgIpc) is 2.96. The number of hydrogen-bond donors (Lipinski definition) is 2. The van der Waals surface area contributed by atoms with Gasteiger partial charge < -0.3 is 19.9 Å². The van der Waals surface area contributed by atoms with E-state index < -0.39 is 0 Å². The predicted octanol–water partition coefficient (Wildman–Crippen LogP) is 2.57. The van der Waals surface area contributed by atoms with E-state index in [0.29, 0.717) is 13.2 Å². The summed E-state index contributed by atoms with van der Waals surface area (Å²) < 4.78 is 11.7. The molecular weight excluding hydrogens is 314 g/mol. The van der Waals surface area contributed by atoms with Crippen molar-refractivity contribution in [2.24, 2.45) is 0 Å². The highest BCUT2D eigenvalue weighted by Gasteiger charge is 2.22. The van der Waals surface area contributed by atoms with Gasteiger partial charge in [0.05, 0.1) is 6.61 Å². The number of halogens is 1. The minimum absolute atomic E-state index is 0. The molecule has 1 heterocycles. The van der Waals surface area contributed by atoms with Crippen LogP contribution in [0.1, 0.15) is 11.1 Å². The van der Waals surface area contributed by atoms with Gasteiger partial charge in [-0.3, -0.25) is 0 Å². The number of hydrogen-bond acceptors (Lipinski definition) is 4. The molecule has 1 aliphatic heterocycles. The van der Waals surface area contributed by atoms with Crippen LogP contribution in [0.15, 0.2) is 48.5 Å². The van der Waals surface area contributed by atoms with E-state index in [0.717, 1.165) is 30.0 Å². The maximum Gasteiger partial charge on any atom is 0.126 e. The number of ether oxygens (including phenoxy) is 2. The Hall–Kier alpha value is -1.75. The van der Waals surface area contributed by atoms with Gasteiger partial charge in [0.25, 0.3) is 0 Å². The van der Waals surface area contributed by atoms with Crippen molar-refractivity contribution in [1.29, 1.82) is 0 Å². The summed E-state index contributed by atoms with van der Waals surface area (Å²) in [7, 11) is 0. The Morgan fingerprint density at radius 3 is 2.78 bits per heavy atom. The van der Waals surface area contributed by atoms with Crippen LogP contribution in [0.3, 0.4) is 0 Å². The minimum Gasteiger partial charge on any atom is -0.489 e. The van der Waals surface area contributed by atoms with E-state index in [1.165, 1.54) is 5.56 Å². The molecule has 1 unspecified atom stereocenters. The van der Waals surface area contributed by atoms with Crippen molar-refractivity contribution in [3.8, 4) is 11.5 Å². The van der Waals surface area contributed by atoms with Crippen LogP contribution >= 0.6 is 12.4 Å². The number of rotatable bonds is 7. The zero-order valence-electron chi connectivity index (χ0n) is 12.9. The maximum absolute atomic E-state index is 8.78. The summed E-state index contributed by atoms with van der Waals surface area (Å²) in [5.74, 6) is 1.73. The third kappa shape index (κ3) is 4.86. The Balaban J connectivity index is 0.00000192. The molecule has 0 spiro atoms. The smallest absolute Gasteiger partial charge is 0.126 e. The third-order valence-corrected chi connectivity index (χ3v) is 3.69. The molecule has 0 bridgehead atoms. The van der Waals surface area contributed by atoms with Crippen LogP contribution in [0.2, 0.25) is 0 Å². The zero-order chi connectivity index (χ0) is 15.2. The van der Waals surface area contributed by atoms with Crippen LogP contribution in [-0.4, -0.2) is 30.9 Å². The Morgan fingerprint density at radius 1 is 1.17 bits per heavy atom. The van der Waals surface area contributed by atoms with Crippen molar-refractivity contribution in [2.45, 2.75) is 19.1 Å². The molecule has 0 fully saturated rings. The van der Waals surface area contributed by atoms with Gasteiger partial charge >= 0.3 is 0 Å². The quantitative estimate of drug-likeness (QED) is 0.764. The fourth-order valence-electron chi connectivity index (χ4n) is 2.57. The van der Waals surface area contributed by atoms with Gasteiger partial charge in [-0.05, 0) is 17.2 Å². The lowest BCUT2D eigenvalue weighted by Gasteiger charge is -2.11. The second-order valence-electron chi connectivity index (χ2n) is 5.42. The van der Waals surface area contributed by atoms with E-state index in [4.69, 9.17) is 14.6 Å². The Morgan fingerprint density at radius 2 is 2.00 bits per heavy atom. The van der Waals surface area contributed by atoms with E-state index in [-0.39, 0.29) is 25.1 Å². The predicted molar refractivity (Wildman–Crippen MR) is 92.5 cm³/mol. The van der Waals surface area contributed by atoms with Crippen LogP contribution in [0.25, 0.3) is 0 Å². The van der Waals surface area contributed by atoms with Crippen molar-refractivity contribution in [3.63, 3.8) is 0 Å². The molecule has 0 radical (unpaired) electrons. The second kappa shape index (κ2) is 8.77. The first-order valence-electron chi connectivity index (χ1n) is 7.63. The highest BCUT2D eigenvalue weighted by molar-refractivity contribution is 5.85. The molecule has 2 aromatic rings. The van der Waals surface area contributed by atoms with Gasteiger partial charge in [0.15, 0.2) is 0 Å². The molecule has 23 heavy (non-hydrogen) atoms. The second-order valence-corrected chi connectivity index (χ2v) is 5.42. The summed E-state index contributed by atoms with van der Waals surface area (Å²) in [6.07, 6.45) is 1.03. The highest BCUT2D eigenvalue weighted by atomic mass is 35.5. The fraction of sp³-hybridized carbons (Fsp3) is 0.333. The third-order valence-electron chi connectivity index (χ3n) is 3.69. The van der Waals surface area contributed by atoms with Crippen LogP contribution in [-0.2, 0) is 13.0 Å². The molecule has 0 saturated heterocycles. The van der Waals surface area contributed by atoms with Gasteiger partial charge in [-0.15, -0.1) is 12.4 Å². The summed E-state index contributed by atoms with van der Waals surface area (Å²) in [5, 5.41) is 12.0. The lowest BCUT2D eigenvalue weighted by atomic mass is 10.1. The number of aliphatic hydroxyl groups is 1. The van der Waals surface area contributed by atoms with Crippen molar-refractivity contribution >= 4 is 12.4 Å². The number of benzene rings is 2. The van der Waals surface area contributed by atoms with Crippen LogP contribution in [0.4, 0.5) is 0 Å².